The number of rotatable bonds is 7. The van der Waals surface area contributed by atoms with Gasteiger partial charge in [-0.05, 0) is 55.2 Å². The summed E-state index contributed by atoms with van der Waals surface area (Å²) in [4.78, 5) is 24.2. The molecule has 0 aliphatic heterocycles. The lowest BCUT2D eigenvalue weighted by atomic mass is 10.0. The van der Waals surface area contributed by atoms with Crippen molar-refractivity contribution in [3.63, 3.8) is 0 Å². The molecule has 0 aromatic heterocycles. The molecule has 28 heavy (non-hydrogen) atoms. The van der Waals surface area contributed by atoms with Gasteiger partial charge in [0.1, 0.15) is 11.6 Å². The number of ether oxygens (including phenoxy) is 2. The van der Waals surface area contributed by atoms with Crippen molar-refractivity contribution < 1.29 is 23.5 Å². The van der Waals surface area contributed by atoms with E-state index < -0.39 is 23.8 Å². The lowest BCUT2D eigenvalue weighted by Gasteiger charge is -2.16. The van der Waals surface area contributed by atoms with Crippen LogP contribution in [0, 0.1) is 12.7 Å². The zero-order chi connectivity index (χ0) is 20.8. The summed E-state index contributed by atoms with van der Waals surface area (Å²) in [6.07, 6.45) is -1.07. The summed E-state index contributed by atoms with van der Waals surface area (Å²) in [5.74, 6) is -0.931. The van der Waals surface area contributed by atoms with Gasteiger partial charge in [0.2, 0.25) is 0 Å². The van der Waals surface area contributed by atoms with Gasteiger partial charge in [0.25, 0.3) is 5.91 Å². The Bertz CT molecular complexity index is 869. The Kier molecular flexibility index (Phi) is 7.40. The van der Waals surface area contributed by atoms with Gasteiger partial charge in [-0.15, -0.1) is 0 Å². The molecule has 0 aliphatic rings. The Hall–Kier alpha value is -2.60. The number of amides is 1. The molecule has 0 saturated carbocycles. The number of hydrogen-bond donors (Lipinski definition) is 1. The highest BCUT2D eigenvalue weighted by molar-refractivity contribution is 6.33. The van der Waals surface area contributed by atoms with Crippen molar-refractivity contribution in [2.45, 2.75) is 39.7 Å². The van der Waals surface area contributed by atoms with Crippen molar-refractivity contribution in [3.8, 4) is 5.75 Å². The third-order valence-corrected chi connectivity index (χ3v) is 4.32. The Morgan fingerprint density at radius 3 is 2.50 bits per heavy atom. The van der Waals surface area contributed by atoms with Crippen LogP contribution in [0.15, 0.2) is 36.4 Å². The average Bonchev–Trinajstić information content (AvgIpc) is 2.62. The van der Waals surface area contributed by atoms with Gasteiger partial charge in [0, 0.05) is 0 Å². The Morgan fingerprint density at radius 1 is 1.14 bits per heavy atom. The van der Waals surface area contributed by atoms with Crippen LogP contribution in [-0.4, -0.2) is 24.6 Å². The molecule has 0 heterocycles. The zero-order valence-electron chi connectivity index (χ0n) is 16.2. The lowest BCUT2D eigenvalue weighted by molar-refractivity contribution is -0.155. The topological polar surface area (TPSA) is 64.6 Å². The largest absolute Gasteiger partial charge is 0.482 e. The molecular weight excluding hydrogens is 385 g/mol. The Balaban J connectivity index is 1.92. The number of aryl methyl sites for hydroxylation is 1. The summed E-state index contributed by atoms with van der Waals surface area (Å²) in [5.41, 5.74) is 2.22. The first-order valence-electron chi connectivity index (χ1n) is 8.86. The van der Waals surface area contributed by atoms with Gasteiger partial charge in [-0.25, -0.2) is 9.18 Å². The monoisotopic (exact) mass is 407 g/mol. The first-order valence-corrected chi connectivity index (χ1v) is 9.24. The van der Waals surface area contributed by atoms with Gasteiger partial charge in [-0.1, -0.05) is 37.6 Å². The first-order chi connectivity index (χ1) is 13.2. The highest BCUT2D eigenvalue weighted by atomic mass is 35.5. The van der Waals surface area contributed by atoms with Gasteiger partial charge in [0.15, 0.2) is 12.7 Å². The molecule has 0 aliphatic carbocycles. The van der Waals surface area contributed by atoms with E-state index >= 15 is 0 Å². The molecule has 2 aromatic carbocycles. The van der Waals surface area contributed by atoms with Crippen molar-refractivity contribution in [3.05, 3.63) is 58.4 Å². The van der Waals surface area contributed by atoms with E-state index in [2.05, 4.69) is 5.32 Å². The number of hydrogen-bond acceptors (Lipinski definition) is 4. The minimum atomic E-state index is -1.07. The number of nitrogens with one attached hydrogen (secondary N) is 1. The molecule has 150 valence electrons. The quantitative estimate of drug-likeness (QED) is 0.665. The summed E-state index contributed by atoms with van der Waals surface area (Å²) in [6, 6.07) is 9.38. The van der Waals surface area contributed by atoms with Gasteiger partial charge >= 0.3 is 5.97 Å². The predicted octanol–water partition coefficient (Wildman–Crippen LogP) is 4.86. The number of halogens is 2. The maximum absolute atomic E-state index is 13.1. The van der Waals surface area contributed by atoms with E-state index in [1.807, 2.05) is 39.0 Å². The standard InChI is InChI=1S/C21H23ClFNO4/c1-12(2)16-7-5-13(3)9-19(16)27-11-20(25)28-14(4)21(26)24-18-8-6-15(23)10-17(18)22/h5-10,12,14H,11H2,1-4H3,(H,24,26). The van der Waals surface area contributed by atoms with E-state index in [9.17, 15) is 14.0 Å². The smallest absolute Gasteiger partial charge is 0.344 e. The van der Waals surface area contributed by atoms with Crippen LogP contribution in [0.2, 0.25) is 5.02 Å². The molecule has 1 amide bonds. The first kappa shape index (κ1) is 21.7. The van der Waals surface area contributed by atoms with Crippen LogP contribution in [0.25, 0.3) is 0 Å². The second-order valence-corrected chi connectivity index (χ2v) is 7.14. The maximum atomic E-state index is 13.1. The third kappa shape index (κ3) is 5.96. The van der Waals surface area contributed by atoms with E-state index in [1.165, 1.54) is 19.1 Å². The van der Waals surface area contributed by atoms with E-state index in [4.69, 9.17) is 21.1 Å². The summed E-state index contributed by atoms with van der Waals surface area (Å²) in [7, 11) is 0. The molecule has 0 spiro atoms. The van der Waals surface area contributed by atoms with E-state index in [1.54, 1.807) is 0 Å². The van der Waals surface area contributed by atoms with Crippen LogP contribution >= 0.6 is 11.6 Å². The second-order valence-electron chi connectivity index (χ2n) is 6.73. The van der Waals surface area contributed by atoms with Gasteiger partial charge in [-0.2, -0.15) is 0 Å². The van der Waals surface area contributed by atoms with Crippen LogP contribution < -0.4 is 10.1 Å². The van der Waals surface area contributed by atoms with Gasteiger partial charge in [-0.3, -0.25) is 4.79 Å². The highest BCUT2D eigenvalue weighted by Crippen LogP contribution is 2.27. The highest BCUT2D eigenvalue weighted by Gasteiger charge is 2.20. The zero-order valence-corrected chi connectivity index (χ0v) is 17.0. The van der Waals surface area contributed by atoms with Crippen molar-refractivity contribution in [1.29, 1.82) is 0 Å². The van der Waals surface area contributed by atoms with Crippen molar-refractivity contribution in [1.82, 2.24) is 0 Å². The molecule has 1 unspecified atom stereocenters. The predicted molar refractivity (Wildman–Crippen MR) is 106 cm³/mol. The molecule has 0 saturated heterocycles. The summed E-state index contributed by atoms with van der Waals surface area (Å²) >= 11 is 5.87. The van der Waals surface area contributed by atoms with Crippen LogP contribution in [0.3, 0.4) is 0 Å². The van der Waals surface area contributed by atoms with E-state index in [-0.39, 0.29) is 23.2 Å². The Labute approximate surface area is 168 Å². The number of benzene rings is 2. The van der Waals surface area contributed by atoms with Crippen molar-refractivity contribution in [2.75, 3.05) is 11.9 Å². The minimum absolute atomic E-state index is 0.0517. The summed E-state index contributed by atoms with van der Waals surface area (Å²) in [5, 5.41) is 2.54. The van der Waals surface area contributed by atoms with Crippen LogP contribution in [0.5, 0.6) is 5.75 Å². The molecule has 5 nitrogen and oxygen atoms in total. The van der Waals surface area contributed by atoms with Crippen molar-refractivity contribution in [2.24, 2.45) is 0 Å². The van der Waals surface area contributed by atoms with Gasteiger partial charge in [0.05, 0.1) is 10.7 Å². The minimum Gasteiger partial charge on any atom is -0.482 e. The van der Waals surface area contributed by atoms with Crippen molar-refractivity contribution >= 4 is 29.2 Å². The fraction of sp³-hybridized carbons (Fsp3) is 0.333. The molecule has 1 atom stereocenters. The molecule has 0 bridgehead atoms. The number of carbonyl (C=O) groups is 2. The van der Waals surface area contributed by atoms with E-state index in [0.29, 0.717) is 5.75 Å². The van der Waals surface area contributed by atoms with Crippen LogP contribution in [0.1, 0.15) is 37.8 Å². The number of esters is 1. The Morgan fingerprint density at radius 2 is 1.86 bits per heavy atom. The lowest BCUT2D eigenvalue weighted by Crippen LogP contribution is -2.31. The molecule has 2 rings (SSSR count). The molecule has 2 aromatic rings. The van der Waals surface area contributed by atoms with Crippen LogP contribution in [-0.2, 0) is 14.3 Å². The van der Waals surface area contributed by atoms with Crippen LogP contribution in [0.4, 0.5) is 10.1 Å². The maximum Gasteiger partial charge on any atom is 0.344 e. The summed E-state index contributed by atoms with van der Waals surface area (Å²) < 4.78 is 23.8. The fourth-order valence-electron chi connectivity index (χ4n) is 2.49. The summed E-state index contributed by atoms with van der Waals surface area (Å²) in [6.45, 7) is 7.10. The van der Waals surface area contributed by atoms with Gasteiger partial charge < -0.3 is 14.8 Å². The normalized spacial score (nSPS) is 11.8. The number of carbonyl (C=O) groups excluding carboxylic acids is 2. The van der Waals surface area contributed by atoms with E-state index in [0.717, 1.165) is 17.2 Å². The molecule has 0 fully saturated rings. The molecule has 0 radical (unpaired) electrons. The second kappa shape index (κ2) is 9.55. The molecule has 7 heteroatoms. The molecular formula is C21H23ClFNO4. The third-order valence-electron chi connectivity index (χ3n) is 4.00. The SMILES string of the molecule is Cc1ccc(C(C)C)c(OCC(=O)OC(C)C(=O)Nc2ccc(F)cc2Cl)c1. The fourth-order valence-corrected chi connectivity index (χ4v) is 2.70. The number of anilines is 1. The molecule has 1 N–H and O–H groups in total. The average molecular weight is 408 g/mol.